The topological polar surface area (TPSA) is 52.6 Å². The van der Waals surface area contributed by atoms with Gasteiger partial charge in [-0.2, -0.15) is 0 Å². The zero-order valence-corrected chi connectivity index (χ0v) is 27.3. The number of esters is 2. The number of likely N-dealkylation sites (tertiary alicyclic amines) is 2. The van der Waals surface area contributed by atoms with Crippen molar-refractivity contribution in [3.8, 4) is 0 Å². The van der Waals surface area contributed by atoms with Gasteiger partial charge in [-0.15, -0.1) is 0 Å². The molecule has 0 unspecified atom stereocenters. The molecular formula is C38H56N2O4+2. The van der Waals surface area contributed by atoms with Gasteiger partial charge in [-0.1, -0.05) is 60.7 Å². The van der Waals surface area contributed by atoms with Crippen molar-refractivity contribution in [2.75, 3.05) is 65.6 Å². The maximum Gasteiger partial charge on any atom is 0.310 e. The van der Waals surface area contributed by atoms with E-state index in [9.17, 15) is 9.59 Å². The minimum atomic E-state index is -0.413. The van der Waals surface area contributed by atoms with E-state index < -0.39 is 11.8 Å². The second-order valence-corrected chi connectivity index (χ2v) is 13.7. The van der Waals surface area contributed by atoms with Crippen LogP contribution in [0.3, 0.4) is 0 Å². The summed E-state index contributed by atoms with van der Waals surface area (Å²) in [6, 6.07) is 20.1. The number of ether oxygens (including phenoxy) is 2. The maximum absolute atomic E-state index is 13.9. The highest BCUT2D eigenvalue weighted by atomic mass is 16.5. The van der Waals surface area contributed by atoms with Gasteiger partial charge in [0.2, 0.25) is 0 Å². The average molecular weight is 605 g/mol. The molecule has 0 spiro atoms. The van der Waals surface area contributed by atoms with Crippen LogP contribution >= 0.6 is 0 Å². The van der Waals surface area contributed by atoms with Gasteiger partial charge in [-0.25, -0.2) is 0 Å². The Labute approximate surface area is 265 Å². The molecule has 3 aliphatic rings. The molecule has 1 aliphatic carbocycles. The summed E-state index contributed by atoms with van der Waals surface area (Å²) in [7, 11) is 0. The highest BCUT2D eigenvalue weighted by molar-refractivity contribution is 5.85. The molecule has 0 N–H and O–H groups in total. The zero-order valence-electron chi connectivity index (χ0n) is 27.3. The van der Waals surface area contributed by atoms with Gasteiger partial charge < -0.3 is 18.4 Å². The van der Waals surface area contributed by atoms with Gasteiger partial charge in [0.15, 0.2) is 0 Å². The predicted octanol–water partition coefficient (Wildman–Crippen LogP) is 6.71. The monoisotopic (exact) mass is 604 g/mol. The van der Waals surface area contributed by atoms with Crippen LogP contribution in [0.2, 0.25) is 0 Å². The van der Waals surface area contributed by atoms with Crippen LogP contribution in [0.1, 0.15) is 88.2 Å². The number of quaternary nitrogens is 2. The SMILES string of the molecule is CC[N+]1(CCCOC(=O)[C@H]2[C@H](c3ccccc3)[C@H](C(=O)OCCC[N+]3(CC)CCCCC3)[C@H]2c2ccccc2)CCCCC1. The van der Waals surface area contributed by atoms with Gasteiger partial charge in [-0.05, 0) is 63.5 Å². The Bertz CT molecular complexity index is 1070. The van der Waals surface area contributed by atoms with E-state index in [4.69, 9.17) is 9.47 Å². The van der Waals surface area contributed by atoms with Crippen molar-refractivity contribution in [2.45, 2.75) is 77.0 Å². The third-order valence-electron chi connectivity index (χ3n) is 11.4. The molecule has 2 heterocycles. The lowest BCUT2D eigenvalue weighted by Gasteiger charge is -2.49. The van der Waals surface area contributed by atoms with Gasteiger partial charge in [0, 0.05) is 24.7 Å². The van der Waals surface area contributed by atoms with Gasteiger partial charge in [0.1, 0.15) is 0 Å². The summed E-state index contributed by atoms with van der Waals surface area (Å²) in [5.74, 6) is -1.70. The fourth-order valence-electron chi connectivity index (χ4n) is 8.61. The van der Waals surface area contributed by atoms with Crippen molar-refractivity contribution >= 4 is 11.9 Å². The van der Waals surface area contributed by atoms with E-state index in [0.29, 0.717) is 13.2 Å². The van der Waals surface area contributed by atoms with Crippen molar-refractivity contribution in [3.05, 3.63) is 71.8 Å². The smallest absolute Gasteiger partial charge is 0.310 e. The van der Waals surface area contributed by atoms with Crippen LogP contribution in [0.4, 0.5) is 0 Å². The number of carbonyl (C=O) groups is 2. The van der Waals surface area contributed by atoms with Crippen LogP contribution in [-0.2, 0) is 19.1 Å². The van der Waals surface area contributed by atoms with Crippen LogP contribution in [0.5, 0.6) is 0 Å². The first kappa shape index (κ1) is 32.7. The first-order valence-electron chi connectivity index (χ1n) is 17.6. The van der Waals surface area contributed by atoms with Gasteiger partial charge >= 0.3 is 11.9 Å². The van der Waals surface area contributed by atoms with Crippen LogP contribution < -0.4 is 0 Å². The second kappa shape index (κ2) is 15.5. The van der Waals surface area contributed by atoms with E-state index in [-0.39, 0.29) is 23.8 Å². The van der Waals surface area contributed by atoms with E-state index in [1.807, 2.05) is 60.7 Å². The molecule has 2 saturated heterocycles. The standard InChI is InChI=1S/C38H56N2O4/c1-3-39(23-13-7-14-24-39)27-17-29-43-37(41)35-33(31-19-9-5-10-20-31)36(34(35)32-21-11-6-12-22-32)38(42)44-30-18-28-40(4-2)25-15-8-16-26-40/h5-6,9-12,19-22,33-36H,3-4,7-8,13-18,23-30H2,1-2H3/q+2/t33-,34-,35-,36-. The van der Waals surface area contributed by atoms with E-state index in [1.54, 1.807) is 0 Å². The highest BCUT2D eigenvalue weighted by Crippen LogP contribution is 2.58. The Morgan fingerprint density at radius 3 is 1.30 bits per heavy atom. The van der Waals surface area contributed by atoms with E-state index >= 15 is 0 Å². The van der Waals surface area contributed by atoms with Gasteiger partial charge in [0.05, 0.1) is 77.4 Å². The zero-order chi connectivity index (χ0) is 30.8. The molecule has 240 valence electrons. The number of benzene rings is 2. The van der Waals surface area contributed by atoms with Crippen LogP contribution in [0.15, 0.2) is 60.7 Å². The fraction of sp³-hybridized carbons (Fsp3) is 0.632. The van der Waals surface area contributed by atoms with Crippen molar-refractivity contribution < 1.29 is 28.0 Å². The van der Waals surface area contributed by atoms with E-state index in [2.05, 4.69) is 13.8 Å². The van der Waals surface area contributed by atoms with Crippen LogP contribution in [0, 0.1) is 11.8 Å². The summed E-state index contributed by atoms with van der Waals surface area (Å²) in [5.41, 5.74) is 2.02. The molecule has 0 amide bonds. The summed E-state index contributed by atoms with van der Waals surface area (Å²) < 4.78 is 14.4. The Morgan fingerprint density at radius 2 is 0.955 bits per heavy atom. The van der Waals surface area contributed by atoms with Gasteiger partial charge in [-0.3, -0.25) is 9.59 Å². The molecule has 6 nitrogen and oxygen atoms in total. The highest BCUT2D eigenvalue weighted by Gasteiger charge is 2.59. The molecule has 2 aromatic rings. The Morgan fingerprint density at radius 1 is 0.591 bits per heavy atom. The molecule has 5 rings (SSSR count). The molecule has 2 aromatic carbocycles. The lowest BCUT2D eigenvalue weighted by Crippen LogP contribution is -2.53. The normalized spacial score (nSPS) is 25.9. The number of hydrogen-bond acceptors (Lipinski definition) is 4. The first-order chi connectivity index (χ1) is 21.5. The molecule has 44 heavy (non-hydrogen) atoms. The largest absolute Gasteiger partial charge is 0.465 e. The quantitative estimate of drug-likeness (QED) is 0.137. The molecule has 0 aromatic heterocycles. The molecule has 0 bridgehead atoms. The third kappa shape index (κ3) is 7.56. The van der Waals surface area contributed by atoms with E-state index in [1.165, 1.54) is 64.7 Å². The van der Waals surface area contributed by atoms with Crippen molar-refractivity contribution in [1.29, 1.82) is 0 Å². The fourth-order valence-corrected chi connectivity index (χ4v) is 8.61. The lowest BCUT2D eigenvalue weighted by molar-refractivity contribution is -0.931. The Balaban J connectivity index is 1.27. The molecule has 3 fully saturated rings. The number of rotatable bonds is 14. The average Bonchev–Trinajstić information content (AvgIpc) is 3.06. The minimum absolute atomic E-state index is 0.182. The summed E-state index contributed by atoms with van der Waals surface area (Å²) in [4.78, 5) is 27.8. The van der Waals surface area contributed by atoms with Crippen molar-refractivity contribution in [2.24, 2.45) is 11.8 Å². The molecule has 0 atom stereocenters. The summed E-state index contributed by atoms with van der Waals surface area (Å²) in [5, 5.41) is 0. The molecule has 1 saturated carbocycles. The van der Waals surface area contributed by atoms with E-state index in [0.717, 1.165) is 59.1 Å². The summed E-state index contributed by atoms with van der Waals surface area (Å²) >= 11 is 0. The molecule has 6 heteroatoms. The Hall–Kier alpha value is -2.70. The lowest BCUT2D eigenvalue weighted by atomic mass is 9.52. The van der Waals surface area contributed by atoms with Crippen LogP contribution in [-0.4, -0.2) is 86.5 Å². The van der Waals surface area contributed by atoms with Crippen molar-refractivity contribution in [1.82, 2.24) is 0 Å². The Kier molecular flexibility index (Phi) is 11.5. The number of piperidine rings is 2. The van der Waals surface area contributed by atoms with Crippen LogP contribution in [0.25, 0.3) is 0 Å². The number of carbonyl (C=O) groups excluding carboxylic acids is 2. The maximum atomic E-state index is 13.9. The van der Waals surface area contributed by atoms with Crippen molar-refractivity contribution in [3.63, 3.8) is 0 Å². The third-order valence-corrected chi connectivity index (χ3v) is 11.4. The second-order valence-electron chi connectivity index (χ2n) is 13.7. The summed E-state index contributed by atoms with van der Waals surface area (Å²) in [6.07, 6.45) is 9.60. The molecule has 0 radical (unpaired) electrons. The molecule has 2 aliphatic heterocycles. The minimum Gasteiger partial charge on any atom is -0.465 e. The predicted molar refractivity (Wildman–Crippen MR) is 175 cm³/mol. The number of hydrogen-bond donors (Lipinski definition) is 0. The van der Waals surface area contributed by atoms with Gasteiger partial charge in [0.25, 0.3) is 0 Å². The summed E-state index contributed by atoms with van der Waals surface area (Å²) in [6.45, 7) is 14.8. The first-order valence-corrected chi connectivity index (χ1v) is 17.6. The number of nitrogens with zero attached hydrogens (tertiary/aromatic N) is 2. The molecular weight excluding hydrogens is 548 g/mol.